The lowest BCUT2D eigenvalue weighted by Crippen LogP contribution is -2.34. The molecule has 1 heterocycles. The minimum absolute atomic E-state index is 0.623. The molecular weight excluding hydrogens is 196 g/mol. The Labute approximate surface area is 77.1 Å². The largest absolute Gasteiger partial charge is 0.364 e. The van der Waals surface area contributed by atoms with Crippen molar-refractivity contribution in [2.45, 2.75) is 5.92 Å². The molecule has 0 aromatic carbocycles. The third kappa shape index (κ3) is 1.61. The highest BCUT2D eigenvalue weighted by molar-refractivity contribution is 5.82. The number of hydrogen-bond donors (Lipinski definition) is 1. The molecule has 0 aliphatic rings. The first-order valence-electron chi connectivity index (χ1n) is 3.57. The standard InChI is InChI=1S/C7H7F2N3O2/c1-12-5(13)2-4(3-11-12)7(8,9)6(10)14/h2-3H,1H3,(H2,10,14). The lowest BCUT2D eigenvalue weighted by molar-refractivity contribution is -0.143. The number of rotatable bonds is 2. The fourth-order valence-electron chi connectivity index (χ4n) is 0.783. The monoisotopic (exact) mass is 203 g/mol. The Hall–Kier alpha value is -1.79. The minimum atomic E-state index is -3.86. The number of primary amides is 1. The number of carbonyl (C=O) groups is 1. The Morgan fingerprint density at radius 2 is 2.21 bits per heavy atom. The molecule has 0 aliphatic heterocycles. The van der Waals surface area contributed by atoms with Crippen molar-refractivity contribution in [3.63, 3.8) is 0 Å². The lowest BCUT2D eigenvalue weighted by atomic mass is 10.1. The van der Waals surface area contributed by atoms with Crippen LogP contribution in [0, 0.1) is 0 Å². The lowest BCUT2D eigenvalue weighted by Gasteiger charge is -2.11. The van der Waals surface area contributed by atoms with Gasteiger partial charge in [0.1, 0.15) is 0 Å². The van der Waals surface area contributed by atoms with Crippen LogP contribution < -0.4 is 11.3 Å². The van der Waals surface area contributed by atoms with Crippen molar-refractivity contribution < 1.29 is 13.6 Å². The molecule has 1 aromatic rings. The second kappa shape index (κ2) is 3.17. The van der Waals surface area contributed by atoms with Crippen LogP contribution in [0.15, 0.2) is 17.1 Å². The van der Waals surface area contributed by atoms with Gasteiger partial charge in [0, 0.05) is 13.1 Å². The van der Waals surface area contributed by atoms with E-state index in [9.17, 15) is 18.4 Å². The van der Waals surface area contributed by atoms with E-state index in [-0.39, 0.29) is 0 Å². The van der Waals surface area contributed by atoms with E-state index in [0.717, 1.165) is 10.9 Å². The molecule has 7 heteroatoms. The summed E-state index contributed by atoms with van der Waals surface area (Å²) in [6, 6.07) is 0.623. The zero-order valence-corrected chi connectivity index (χ0v) is 7.20. The zero-order valence-electron chi connectivity index (χ0n) is 7.20. The Balaban J connectivity index is 3.28. The quantitative estimate of drug-likeness (QED) is 0.694. The normalized spacial score (nSPS) is 11.4. The number of aryl methyl sites for hydroxylation is 1. The van der Waals surface area contributed by atoms with Gasteiger partial charge in [-0.05, 0) is 0 Å². The van der Waals surface area contributed by atoms with Crippen LogP contribution in [0.25, 0.3) is 0 Å². The van der Waals surface area contributed by atoms with E-state index >= 15 is 0 Å². The molecule has 0 atom stereocenters. The molecule has 2 N–H and O–H groups in total. The van der Waals surface area contributed by atoms with E-state index in [2.05, 4.69) is 10.8 Å². The molecule has 1 rings (SSSR count). The number of alkyl halides is 2. The number of carbonyl (C=O) groups excluding carboxylic acids is 1. The average Bonchev–Trinajstić information content (AvgIpc) is 2.09. The molecule has 0 unspecified atom stereocenters. The maximum Gasteiger partial charge on any atom is 0.351 e. The second-order valence-electron chi connectivity index (χ2n) is 2.64. The molecule has 1 aromatic heterocycles. The molecular formula is C7H7F2N3O2. The summed E-state index contributed by atoms with van der Waals surface area (Å²) in [5, 5.41) is 3.34. The third-order valence-corrected chi connectivity index (χ3v) is 1.64. The molecule has 76 valence electrons. The average molecular weight is 203 g/mol. The van der Waals surface area contributed by atoms with Gasteiger partial charge in [0.2, 0.25) is 0 Å². The van der Waals surface area contributed by atoms with Crippen LogP contribution in [0.5, 0.6) is 0 Å². The highest BCUT2D eigenvalue weighted by Gasteiger charge is 2.39. The summed E-state index contributed by atoms with van der Waals surface area (Å²) in [4.78, 5) is 21.3. The molecule has 0 saturated heterocycles. The molecule has 0 saturated carbocycles. The van der Waals surface area contributed by atoms with Crippen LogP contribution in [-0.2, 0) is 17.8 Å². The maximum atomic E-state index is 12.9. The number of halogens is 2. The van der Waals surface area contributed by atoms with Crippen LogP contribution >= 0.6 is 0 Å². The third-order valence-electron chi connectivity index (χ3n) is 1.64. The minimum Gasteiger partial charge on any atom is -0.364 e. The van der Waals surface area contributed by atoms with Gasteiger partial charge in [-0.25, -0.2) is 4.68 Å². The van der Waals surface area contributed by atoms with Crippen molar-refractivity contribution in [1.29, 1.82) is 0 Å². The van der Waals surface area contributed by atoms with Crippen LogP contribution in [0.3, 0.4) is 0 Å². The maximum absolute atomic E-state index is 12.9. The topological polar surface area (TPSA) is 78.0 Å². The van der Waals surface area contributed by atoms with Gasteiger partial charge in [-0.15, -0.1) is 0 Å². The van der Waals surface area contributed by atoms with Gasteiger partial charge >= 0.3 is 5.92 Å². The molecule has 0 aliphatic carbocycles. The van der Waals surface area contributed by atoms with Crippen molar-refractivity contribution in [3.05, 3.63) is 28.2 Å². The molecule has 0 spiro atoms. The van der Waals surface area contributed by atoms with E-state index in [4.69, 9.17) is 0 Å². The van der Waals surface area contributed by atoms with E-state index in [1.165, 1.54) is 7.05 Å². The smallest absolute Gasteiger partial charge is 0.351 e. The molecule has 5 nitrogen and oxygen atoms in total. The van der Waals surface area contributed by atoms with Gasteiger partial charge in [-0.2, -0.15) is 13.9 Å². The van der Waals surface area contributed by atoms with Crippen LogP contribution in [-0.4, -0.2) is 15.7 Å². The van der Waals surface area contributed by atoms with E-state index in [1.54, 1.807) is 0 Å². The summed E-state index contributed by atoms with van der Waals surface area (Å²) >= 11 is 0. The number of hydrogen-bond acceptors (Lipinski definition) is 3. The highest BCUT2D eigenvalue weighted by atomic mass is 19.3. The van der Waals surface area contributed by atoms with Crippen molar-refractivity contribution in [1.82, 2.24) is 9.78 Å². The first kappa shape index (κ1) is 10.3. The molecule has 0 radical (unpaired) electrons. The molecule has 0 fully saturated rings. The Morgan fingerprint density at radius 1 is 1.64 bits per heavy atom. The zero-order chi connectivity index (χ0) is 10.9. The van der Waals surface area contributed by atoms with Gasteiger partial charge in [0.15, 0.2) is 0 Å². The number of amides is 1. The van der Waals surface area contributed by atoms with Crippen molar-refractivity contribution in [2.75, 3.05) is 0 Å². The van der Waals surface area contributed by atoms with Crippen molar-refractivity contribution >= 4 is 5.91 Å². The summed E-state index contributed by atoms with van der Waals surface area (Å²) in [5.41, 5.74) is 2.93. The Morgan fingerprint density at radius 3 is 2.64 bits per heavy atom. The van der Waals surface area contributed by atoms with Crippen LogP contribution in [0.2, 0.25) is 0 Å². The van der Waals surface area contributed by atoms with E-state index in [1.807, 2.05) is 0 Å². The Kier molecular flexibility index (Phi) is 2.33. The predicted octanol–water partition coefficient (Wildman–Crippen LogP) is -0.643. The van der Waals surface area contributed by atoms with Gasteiger partial charge in [-0.1, -0.05) is 0 Å². The summed E-state index contributed by atoms with van der Waals surface area (Å²) < 4.78 is 26.7. The molecule has 0 bridgehead atoms. The van der Waals surface area contributed by atoms with Crippen LogP contribution in [0.4, 0.5) is 8.78 Å². The van der Waals surface area contributed by atoms with E-state index in [0.29, 0.717) is 6.07 Å². The summed E-state index contributed by atoms with van der Waals surface area (Å²) in [6.07, 6.45) is 0.728. The number of aromatic nitrogens is 2. The summed E-state index contributed by atoms with van der Waals surface area (Å²) in [7, 11) is 1.30. The first-order valence-corrected chi connectivity index (χ1v) is 3.57. The second-order valence-corrected chi connectivity index (χ2v) is 2.64. The highest BCUT2D eigenvalue weighted by Crippen LogP contribution is 2.25. The first-order chi connectivity index (χ1) is 6.35. The van der Waals surface area contributed by atoms with Crippen LogP contribution in [0.1, 0.15) is 5.56 Å². The van der Waals surface area contributed by atoms with Gasteiger partial charge < -0.3 is 5.73 Å². The molecule has 1 amide bonds. The SMILES string of the molecule is Cn1ncc(C(F)(F)C(N)=O)cc1=O. The Bertz CT molecular complexity index is 427. The van der Waals surface area contributed by atoms with Crippen molar-refractivity contribution in [2.24, 2.45) is 12.8 Å². The van der Waals surface area contributed by atoms with Gasteiger partial charge in [0.05, 0.1) is 11.8 Å². The number of nitrogens with two attached hydrogens (primary N) is 1. The summed E-state index contributed by atoms with van der Waals surface area (Å²) in [5.74, 6) is -5.67. The predicted molar refractivity (Wildman–Crippen MR) is 42.6 cm³/mol. The van der Waals surface area contributed by atoms with Gasteiger partial charge in [0.25, 0.3) is 11.5 Å². The fraction of sp³-hybridized carbons (Fsp3) is 0.286. The fourth-order valence-corrected chi connectivity index (χ4v) is 0.783. The molecule has 14 heavy (non-hydrogen) atoms. The van der Waals surface area contributed by atoms with Gasteiger partial charge in [-0.3, -0.25) is 9.59 Å². The number of nitrogens with zero attached hydrogens (tertiary/aromatic N) is 2. The van der Waals surface area contributed by atoms with Crippen molar-refractivity contribution in [3.8, 4) is 0 Å². The summed E-state index contributed by atoms with van der Waals surface area (Å²) in [6.45, 7) is 0. The van der Waals surface area contributed by atoms with E-state index < -0.39 is 23.0 Å².